The first-order chi connectivity index (χ1) is 8.62. The lowest BCUT2D eigenvalue weighted by atomic mass is 9.94. The summed E-state index contributed by atoms with van der Waals surface area (Å²) in [5, 5.41) is 9.41. The molecule has 1 saturated heterocycles. The Morgan fingerprint density at radius 1 is 1.17 bits per heavy atom. The average molecular weight is 266 g/mol. The minimum absolute atomic E-state index is 0.277. The highest BCUT2D eigenvalue weighted by molar-refractivity contribution is 8.00. The van der Waals surface area contributed by atoms with Gasteiger partial charge in [-0.1, -0.05) is 33.1 Å². The molecule has 102 valence electrons. The maximum atomic E-state index is 9.41. The van der Waals surface area contributed by atoms with Crippen LogP contribution in [0.4, 0.5) is 0 Å². The van der Waals surface area contributed by atoms with Crippen LogP contribution in [0.5, 0.6) is 0 Å². The van der Waals surface area contributed by atoms with Crippen LogP contribution in [-0.4, -0.2) is 34.5 Å². The van der Waals surface area contributed by atoms with Gasteiger partial charge in [0.1, 0.15) is 0 Å². The lowest BCUT2D eigenvalue weighted by Gasteiger charge is -2.32. The molecule has 18 heavy (non-hydrogen) atoms. The maximum absolute atomic E-state index is 9.41. The third-order valence-electron chi connectivity index (χ3n) is 4.49. The van der Waals surface area contributed by atoms with E-state index in [-0.39, 0.29) is 5.92 Å². The summed E-state index contributed by atoms with van der Waals surface area (Å²) in [6, 6.07) is 3.12. The van der Waals surface area contributed by atoms with Gasteiger partial charge >= 0.3 is 0 Å². The lowest BCUT2D eigenvalue weighted by Crippen LogP contribution is -2.41. The normalized spacial score (nSPS) is 34.3. The highest BCUT2D eigenvalue weighted by atomic mass is 32.2. The molecule has 0 aromatic rings. The molecule has 2 nitrogen and oxygen atoms in total. The van der Waals surface area contributed by atoms with Crippen LogP contribution < -0.4 is 0 Å². The van der Waals surface area contributed by atoms with Crippen molar-refractivity contribution in [3.8, 4) is 6.07 Å². The standard InChI is InChI=1S/C15H26N2S/c1-15(2)8-9-17(10-11-18-15)14-7-5-3-4-6-13(14)12-16/h13-14H,3-11H2,1-2H3. The van der Waals surface area contributed by atoms with Gasteiger partial charge in [-0.25, -0.2) is 0 Å². The van der Waals surface area contributed by atoms with Crippen LogP contribution >= 0.6 is 11.8 Å². The summed E-state index contributed by atoms with van der Waals surface area (Å²) in [6.45, 7) is 7.08. The number of rotatable bonds is 1. The molecule has 1 aliphatic heterocycles. The molecule has 0 aromatic heterocycles. The average Bonchev–Trinajstić information content (AvgIpc) is 2.66. The molecule has 0 aromatic carbocycles. The molecular weight excluding hydrogens is 240 g/mol. The third kappa shape index (κ3) is 3.65. The van der Waals surface area contributed by atoms with E-state index in [1.165, 1.54) is 50.9 Å². The van der Waals surface area contributed by atoms with Crippen molar-refractivity contribution in [2.24, 2.45) is 5.92 Å². The van der Waals surface area contributed by atoms with Crippen molar-refractivity contribution in [3.63, 3.8) is 0 Å². The van der Waals surface area contributed by atoms with Gasteiger partial charge < -0.3 is 0 Å². The quantitative estimate of drug-likeness (QED) is 0.678. The second-order valence-electron chi connectivity index (χ2n) is 6.34. The second-order valence-corrected chi connectivity index (χ2v) is 8.14. The predicted molar refractivity (Wildman–Crippen MR) is 78.7 cm³/mol. The number of nitriles is 1. The van der Waals surface area contributed by atoms with Crippen molar-refractivity contribution in [2.75, 3.05) is 18.8 Å². The molecule has 0 bridgehead atoms. The Morgan fingerprint density at radius 3 is 2.72 bits per heavy atom. The molecule has 1 saturated carbocycles. The minimum atomic E-state index is 0.277. The van der Waals surface area contributed by atoms with E-state index in [4.69, 9.17) is 0 Å². The summed E-state index contributed by atoms with van der Waals surface area (Å²) in [6.07, 6.45) is 7.51. The summed E-state index contributed by atoms with van der Waals surface area (Å²) >= 11 is 2.10. The topological polar surface area (TPSA) is 27.0 Å². The molecule has 1 aliphatic carbocycles. The summed E-state index contributed by atoms with van der Waals surface area (Å²) in [4.78, 5) is 2.63. The minimum Gasteiger partial charge on any atom is -0.298 e. The largest absolute Gasteiger partial charge is 0.298 e. The molecule has 0 N–H and O–H groups in total. The predicted octanol–water partition coefficient (Wildman–Crippen LogP) is 3.68. The van der Waals surface area contributed by atoms with E-state index in [1.807, 2.05) is 0 Å². The molecule has 2 unspecified atom stereocenters. The first-order valence-corrected chi connectivity index (χ1v) is 8.38. The van der Waals surface area contributed by atoms with Gasteiger partial charge in [-0.2, -0.15) is 17.0 Å². The van der Waals surface area contributed by atoms with Crippen LogP contribution in [0.3, 0.4) is 0 Å². The first-order valence-electron chi connectivity index (χ1n) is 7.40. The lowest BCUT2D eigenvalue weighted by molar-refractivity contribution is 0.161. The Labute approximate surface area is 116 Å². The van der Waals surface area contributed by atoms with Crippen LogP contribution in [0.2, 0.25) is 0 Å². The van der Waals surface area contributed by atoms with Crippen molar-refractivity contribution in [1.29, 1.82) is 5.26 Å². The van der Waals surface area contributed by atoms with E-state index >= 15 is 0 Å². The summed E-state index contributed by atoms with van der Waals surface area (Å²) in [5.41, 5.74) is 0. The number of hydrogen-bond donors (Lipinski definition) is 0. The van der Waals surface area contributed by atoms with Gasteiger partial charge in [0.05, 0.1) is 12.0 Å². The van der Waals surface area contributed by atoms with Crippen LogP contribution in [0.15, 0.2) is 0 Å². The molecule has 0 spiro atoms. The van der Waals surface area contributed by atoms with Gasteiger partial charge in [-0.05, 0) is 25.8 Å². The Morgan fingerprint density at radius 2 is 1.94 bits per heavy atom. The van der Waals surface area contributed by atoms with Gasteiger partial charge in [-0.15, -0.1) is 0 Å². The van der Waals surface area contributed by atoms with Gasteiger partial charge in [0.2, 0.25) is 0 Å². The van der Waals surface area contributed by atoms with Crippen molar-refractivity contribution in [1.82, 2.24) is 4.90 Å². The van der Waals surface area contributed by atoms with E-state index in [0.717, 1.165) is 6.42 Å². The van der Waals surface area contributed by atoms with Crippen LogP contribution in [-0.2, 0) is 0 Å². The zero-order chi connectivity index (χ0) is 13.0. The smallest absolute Gasteiger partial charge is 0.0672 e. The van der Waals surface area contributed by atoms with Gasteiger partial charge in [-0.3, -0.25) is 4.90 Å². The Balaban J connectivity index is 2.02. The monoisotopic (exact) mass is 266 g/mol. The molecule has 3 heteroatoms. The van der Waals surface area contributed by atoms with Crippen LogP contribution in [0, 0.1) is 17.2 Å². The van der Waals surface area contributed by atoms with E-state index < -0.39 is 0 Å². The summed E-state index contributed by atoms with van der Waals surface area (Å²) in [5.74, 6) is 1.50. The van der Waals surface area contributed by atoms with Crippen molar-refractivity contribution < 1.29 is 0 Å². The number of thioether (sulfide) groups is 1. The van der Waals surface area contributed by atoms with Crippen LogP contribution in [0.25, 0.3) is 0 Å². The highest BCUT2D eigenvalue weighted by Gasteiger charge is 2.32. The third-order valence-corrected chi connectivity index (χ3v) is 5.86. The van der Waals surface area contributed by atoms with Crippen LogP contribution in [0.1, 0.15) is 52.4 Å². The molecule has 0 amide bonds. The number of nitrogens with zero attached hydrogens (tertiary/aromatic N) is 2. The van der Waals surface area contributed by atoms with E-state index in [0.29, 0.717) is 10.8 Å². The first kappa shape index (κ1) is 14.2. The fourth-order valence-corrected chi connectivity index (χ4v) is 4.36. The molecule has 1 heterocycles. The van der Waals surface area contributed by atoms with Gasteiger partial charge in [0.25, 0.3) is 0 Å². The highest BCUT2D eigenvalue weighted by Crippen LogP contribution is 2.34. The molecule has 0 radical (unpaired) electrons. The molecule has 2 atom stereocenters. The molecule has 2 rings (SSSR count). The fraction of sp³-hybridized carbons (Fsp3) is 0.933. The maximum Gasteiger partial charge on any atom is 0.0672 e. The Bertz CT molecular complexity index is 308. The van der Waals surface area contributed by atoms with Gasteiger partial charge in [0, 0.05) is 23.1 Å². The van der Waals surface area contributed by atoms with Crippen molar-refractivity contribution in [2.45, 2.75) is 63.2 Å². The van der Waals surface area contributed by atoms with Gasteiger partial charge in [0.15, 0.2) is 0 Å². The van der Waals surface area contributed by atoms with E-state index in [2.05, 4.69) is 36.6 Å². The summed E-state index contributed by atoms with van der Waals surface area (Å²) < 4.78 is 0.418. The Kier molecular flexibility index (Phi) is 4.98. The number of hydrogen-bond acceptors (Lipinski definition) is 3. The van der Waals surface area contributed by atoms with E-state index in [1.54, 1.807) is 0 Å². The molecular formula is C15H26N2S. The van der Waals surface area contributed by atoms with E-state index in [9.17, 15) is 5.26 Å². The SMILES string of the molecule is CC1(C)CCN(C2CCCCCC2C#N)CCS1. The van der Waals surface area contributed by atoms with Crippen molar-refractivity contribution >= 4 is 11.8 Å². The summed E-state index contributed by atoms with van der Waals surface area (Å²) in [7, 11) is 0. The zero-order valence-corrected chi connectivity index (χ0v) is 12.6. The molecule has 2 aliphatic rings. The Hall–Kier alpha value is -0.200. The fourth-order valence-electron chi connectivity index (χ4n) is 3.24. The molecule has 2 fully saturated rings. The van der Waals surface area contributed by atoms with Crippen molar-refractivity contribution in [3.05, 3.63) is 0 Å². The zero-order valence-electron chi connectivity index (χ0n) is 11.8. The second kappa shape index (κ2) is 6.30.